The van der Waals surface area contributed by atoms with Crippen molar-refractivity contribution in [1.29, 1.82) is 0 Å². The first kappa shape index (κ1) is 18.4. The van der Waals surface area contributed by atoms with Crippen LogP contribution in [0.5, 0.6) is 0 Å². The SMILES string of the molecule is COCc1c(C(=O)Nc2cc(S(C)(=O)=O)ccc2Cl)oc2ccccc12. The van der Waals surface area contributed by atoms with Crippen LogP contribution in [0.15, 0.2) is 51.8 Å². The van der Waals surface area contributed by atoms with Crippen LogP contribution in [0.1, 0.15) is 16.1 Å². The second-order valence-corrected chi connectivity index (χ2v) is 8.13. The van der Waals surface area contributed by atoms with E-state index in [2.05, 4.69) is 5.32 Å². The number of carbonyl (C=O) groups is 1. The molecule has 1 heterocycles. The van der Waals surface area contributed by atoms with Gasteiger partial charge in [-0.25, -0.2) is 8.42 Å². The van der Waals surface area contributed by atoms with E-state index in [0.717, 1.165) is 11.6 Å². The number of rotatable bonds is 5. The number of sulfone groups is 1. The molecule has 3 aromatic rings. The summed E-state index contributed by atoms with van der Waals surface area (Å²) in [6.45, 7) is 0.191. The van der Waals surface area contributed by atoms with E-state index in [-0.39, 0.29) is 28.0 Å². The van der Waals surface area contributed by atoms with Crippen molar-refractivity contribution < 1.29 is 22.4 Å². The Morgan fingerprint density at radius 1 is 1.23 bits per heavy atom. The van der Waals surface area contributed by atoms with E-state index >= 15 is 0 Å². The molecule has 2 aromatic carbocycles. The van der Waals surface area contributed by atoms with Gasteiger partial charge in [-0.15, -0.1) is 0 Å². The summed E-state index contributed by atoms with van der Waals surface area (Å²) < 4.78 is 34.3. The Hall–Kier alpha value is -2.35. The van der Waals surface area contributed by atoms with E-state index in [4.69, 9.17) is 20.8 Å². The number of nitrogens with one attached hydrogen (secondary N) is 1. The second-order valence-electron chi connectivity index (χ2n) is 5.71. The summed E-state index contributed by atoms with van der Waals surface area (Å²) in [5.74, 6) is -0.449. The normalized spacial score (nSPS) is 11.7. The number of ether oxygens (including phenoxy) is 1. The average Bonchev–Trinajstić information content (AvgIpc) is 2.95. The van der Waals surface area contributed by atoms with Gasteiger partial charge in [0.15, 0.2) is 15.6 Å². The van der Waals surface area contributed by atoms with Gasteiger partial charge >= 0.3 is 0 Å². The van der Waals surface area contributed by atoms with Gasteiger partial charge in [0, 0.05) is 24.3 Å². The number of amides is 1. The number of benzene rings is 2. The molecule has 6 nitrogen and oxygen atoms in total. The number of hydrogen-bond acceptors (Lipinski definition) is 5. The van der Waals surface area contributed by atoms with E-state index < -0.39 is 15.7 Å². The van der Waals surface area contributed by atoms with Gasteiger partial charge in [0.25, 0.3) is 5.91 Å². The average molecular weight is 394 g/mol. The predicted octanol–water partition coefficient (Wildman–Crippen LogP) is 3.89. The first-order valence-corrected chi connectivity index (χ1v) is 9.88. The molecule has 1 amide bonds. The largest absolute Gasteiger partial charge is 0.451 e. The molecule has 8 heteroatoms. The highest BCUT2D eigenvalue weighted by molar-refractivity contribution is 7.90. The fourth-order valence-corrected chi connectivity index (χ4v) is 3.39. The molecule has 1 N–H and O–H groups in total. The lowest BCUT2D eigenvalue weighted by Gasteiger charge is -2.09. The molecule has 0 aliphatic rings. The maximum Gasteiger partial charge on any atom is 0.291 e. The molecule has 0 spiro atoms. The smallest absolute Gasteiger partial charge is 0.291 e. The van der Waals surface area contributed by atoms with Crippen molar-refractivity contribution in [3.05, 3.63) is 58.8 Å². The highest BCUT2D eigenvalue weighted by Gasteiger charge is 2.21. The minimum atomic E-state index is -3.43. The van der Waals surface area contributed by atoms with Gasteiger partial charge in [0.2, 0.25) is 0 Å². The lowest BCUT2D eigenvalue weighted by molar-refractivity contribution is 0.0992. The van der Waals surface area contributed by atoms with Gasteiger partial charge in [-0.2, -0.15) is 0 Å². The Bertz CT molecular complexity index is 1090. The fraction of sp³-hybridized carbons (Fsp3) is 0.167. The van der Waals surface area contributed by atoms with Gasteiger partial charge in [0.05, 0.1) is 22.2 Å². The maximum absolute atomic E-state index is 12.7. The number of methoxy groups -OCH3 is 1. The number of halogens is 1. The quantitative estimate of drug-likeness (QED) is 0.710. The fourth-order valence-electron chi connectivity index (χ4n) is 2.58. The lowest BCUT2D eigenvalue weighted by Crippen LogP contribution is -2.14. The molecule has 0 atom stereocenters. The molecule has 1 aromatic heterocycles. The Labute approximate surface area is 155 Å². The van der Waals surface area contributed by atoms with E-state index in [9.17, 15) is 13.2 Å². The summed E-state index contributed by atoms with van der Waals surface area (Å²) in [4.78, 5) is 12.8. The van der Waals surface area contributed by atoms with E-state index in [1.807, 2.05) is 12.1 Å². The van der Waals surface area contributed by atoms with Gasteiger partial charge < -0.3 is 14.5 Å². The van der Waals surface area contributed by atoms with Crippen LogP contribution in [-0.4, -0.2) is 27.7 Å². The monoisotopic (exact) mass is 393 g/mol. The molecule has 0 saturated carbocycles. The highest BCUT2D eigenvalue weighted by Crippen LogP contribution is 2.29. The van der Waals surface area contributed by atoms with E-state index in [0.29, 0.717) is 11.1 Å². The number of anilines is 1. The van der Waals surface area contributed by atoms with Crippen molar-refractivity contribution in [2.45, 2.75) is 11.5 Å². The lowest BCUT2D eigenvalue weighted by atomic mass is 10.1. The topological polar surface area (TPSA) is 85.6 Å². The molecule has 0 unspecified atom stereocenters. The molecule has 0 radical (unpaired) electrons. The van der Waals surface area contributed by atoms with Crippen LogP contribution in [-0.2, 0) is 21.2 Å². The van der Waals surface area contributed by atoms with Crippen molar-refractivity contribution >= 4 is 44.0 Å². The second kappa shape index (κ2) is 7.11. The molecular formula is C18H16ClNO5S. The van der Waals surface area contributed by atoms with Crippen LogP contribution < -0.4 is 5.32 Å². The van der Waals surface area contributed by atoms with Crippen LogP contribution in [0, 0.1) is 0 Å². The summed E-state index contributed by atoms with van der Waals surface area (Å²) in [6, 6.07) is 11.3. The zero-order valence-electron chi connectivity index (χ0n) is 14.1. The zero-order chi connectivity index (χ0) is 18.9. The summed E-state index contributed by atoms with van der Waals surface area (Å²) in [7, 11) is -1.91. The van der Waals surface area contributed by atoms with Crippen LogP contribution in [0.2, 0.25) is 5.02 Å². The highest BCUT2D eigenvalue weighted by atomic mass is 35.5. The molecule has 0 fully saturated rings. The summed E-state index contributed by atoms with van der Waals surface area (Å²) in [5, 5.41) is 3.61. The Morgan fingerprint density at radius 3 is 2.65 bits per heavy atom. The first-order valence-electron chi connectivity index (χ1n) is 7.61. The van der Waals surface area contributed by atoms with Crippen molar-refractivity contribution in [3.8, 4) is 0 Å². The summed E-state index contributed by atoms with van der Waals surface area (Å²) in [5.41, 5.74) is 1.35. The number of fused-ring (bicyclic) bond motifs is 1. The molecule has 3 rings (SSSR count). The predicted molar refractivity (Wildman–Crippen MR) is 99.4 cm³/mol. The number of furan rings is 1. The van der Waals surface area contributed by atoms with Gasteiger partial charge in [-0.05, 0) is 24.3 Å². The van der Waals surface area contributed by atoms with Crippen molar-refractivity contribution in [3.63, 3.8) is 0 Å². The molecule has 0 bridgehead atoms. The third-order valence-corrected chi connectivity index (χ3v) is 5.25. The van der Waals surface area contributed by atoms with Crippen LogP contribution in [0.3, 0.4) is 0 Å². The molecule has 0 saturated heterocycles. The third kappa shape index (κ3) is 3.60. The Morgan fingerprint density at radius 2 is 1.96 bits per heavy atom. The molecule has 0 aliphatic carbocycles. The van der Waals surface area contributed by atoms with Crippen molar-refractivity contribution in [2.75, 3.05) is 18.7 Å². The molecule has 26 heavy (non-hydrogen) atoms. The Kier molecular flexibility index (Phi) is 5.04. The van der Waals surface area contributed by atoms with Gasteiger partial charge in [0.1, 0.15) is 5.58 Å². The van der Waals surface area contributed by atoms with Gasteiger partial charge in [-0.3, -0.25) is 4.79 Å². The zero-order valence-corrected chi connectivity index (χ0v) is 15.6. The van der Waals surface area contributed by atoms with E-state index in [1.165, 1.54) is 25.3 Å². The van der Waals surface area contributed by atoms with Crippen LogP contribution >= 0.6 is 11.6 Å². The minimum absolute atomic E-state index is 0.0546. The first-order chi connectivity index (χ1) is 12.3. The molecule has 0 aliphatic heterocycles. The number of hydrogen-bond donors (Lipinski definition) is 1. The summed E-state index contributed by atoms with van der Waals surface area (Å²) >= 11 is 6.09. The van der Waals surface area contributed by atoms with Crippen LogP contribution in [0.25, 0.3) is 11.0 Å². The summed E-state index contributed by atoms with van der Waals surface area (Å²) in [6.07, 6.45) is 1.08. The van der Waals surface area contributed by atoms with Crippen molar-refractivity contribution in [2.24, 2.45) is 0 Å². The van der Waals surface area contributed by atoms with E-state index in [1.54, 1.807) is 12.1 Å². The maximum atomic E-state index is 12.7. The molecule has 136 valence electrons. The van der Waals surface area contributed by atoms with Gasteiger partial charge in [-0.1, -0.05) is 29.8 Å². The number of carbonyl (C=O) groups excluding carboxylic acids is 1. The Balaban J connectivity index is 2.01. The third-order valence-electron chi connectivity index (χ3n) is 3.81. The molecular weight excluding hydrogens is 378 g/mol. The van der Waals surface area contributed by atoms with Crippen molar-refractivity contribution in [1.82, 2.24) is 0 Å². The minimum Gasteiger partial charge on any atom is -0.451 e. The van der Waals surface area contributed by atoms with Crippen LogP contribution in [0.4, 0.5) is 5.69 Å². The standard InChI is InChI=1S/C18H16ClNO5S/c1-24-10-13-12-5-3-4-6-16(12)25-17(13)18(21)20-15-9-11(26(2,22)23)7-8-14(15)19/h3-9H,10H2,1-2H3,(H,20,21). The number of para-hydroxylation sites is 1.